The minimum Gasteiger partial charge on any atom is -0.369 e. The van der Waals surface area contributed by atoms with Crippen LogP contribution < -0.4 is 16.1 Å². The van der Waals surface area contributed by atoms with Gasteiger partial charge in [0, 0.05) is 70.0 Å². The number of fused-ring (bicyclic) bond motifs is 1. The predicted octanol–water partition coefficient (Wildman–Crippen LogP) is 1.22. The first-order valence-electron chi connectivity index (χ1n) is 10.5. The molecule has 0 radical (unpaired) electrons. The lowest BCUT2D eigenvalue weighted by Gasteiger charge is -2.36. The molecule has 0 unspecified atom stereocenters. The highest BCUT2D eigenvalue weighted by Crippen LogP contribution is 2.30. The van der Waals surface area contributed by atoms with E-state index in [0.29, 0.717) is 11.3 Å². The Kier molecular flexibility index (Phi) is 4.86. The molecule has 1 aliphatic carbocycles. The van der Waals surface area contributed by atoms with Crippen LogP contribution in [0.5, 0.6) is 0 Å². The van der Waals surface area contributed by atoms with Gasteiger partial charge in [-0.1, -0.05) is 0 Å². The van der Waals surface area contributed by atoms with Gasteiger partial charge in [0.2, 0.25) is 0 Å². The number of benzene rings is 1. The molecule has 3 aromatic rings. The lowest BCUT2D eigenvalue weighted by Crippen LogP contribution is -2.46. The number of rotatable bonds is 5. The Morgan fingerprint density at radius 2 is 1.87 bits per heavy atom. The zero-order chi connectivity index (χ0) is 20.7. The van der Waals surface area contributed by atoms with Gasteiger partial charge in [-0.3, -0.25) is 14.3 Å². The average molecular weight is 406 g/mol. The van der Waals surface area contributed by atoms with Crippen molar-refractivity contribution in [2.75, 3.05) is 31.1 Å². The number of piperazine rings is 1. The van der Waals surface area contributed by atoms with E-state index in [0.717, 1.165) is 56.0 Å². The molecule has 5 rings (SSSR count). The van der Waals surface area contributed by atoms with E-state index in [1.54, 1.807) is 24.1 Å². The molecule has 2 fully saturated rings. The van der Waals surface area contributed by atoms with E-state index in [4.69, 9.17) is 0 Å². The second-order valence-electron chi connectivity index (χ2n) is 8.47. The van der Waals surface area contributed by atoms with E-state index < -0.39 is 0 Å². The zero-order valence-electron chi connectivity index (χ0n) is 17.2. The number of nitrogens with zero attached hydrogens (tertiary/aromatic N) is 6. The molecule has 0 bridgehead atoms. The largest absolute Gasteiger partial charge is 0.369 e. The molecule has 2 aromatic heterocycles. The van der Waals surface area contributed by atoms with Gasteiger partial charge in [0.05, 0.1) is 17.2 Å². The fourth-order valence-electron chi connectivity index (χ4n) is 4.12. The molecule has 30 heavy (non-hydrogen) atoms. The van der Waals surface area contributed by atoms with Crippen molar-refractivity contribution in [2.24, 2.45) is 13.0 Å². The van der Waals surface area contributed by atoms with Gasteiger partial charge in [-0.05, 0) is 37.0 Å². The average Bonchev–Trinajstić information content (AvgIpc) is 3.57. The van der Waals surface area contributed by atoms with Gasteiger partial charge in [0.15, 0.2) is 0 Å². The summed E-state index contributed by atoms with van der Waals surface area (Å²) in [5.74, 6) is 0.647. The fourth-order valence-corrected chi connectivity index (χ4v) is 4.12. The molecular formula is C22H26N6O2. The third kappa shape index (κ3) is 3.87. The van der Waals surface area contributed by atoms with Gasteiger partial charge in [0.25, 0.3) is 5.56 Å². The summed E-state index contributed by atoms with van der Waals surface area (Å²) >= 11 is 0. The van der Waals surface area contributed by atoms with Crippen molar-refractivity contribution in [1.29, 1.82) is 0 Å². The normalized spacial score (nSPS) is 17.6. The van der Waals surface area contributed by atoms with Crippen molar-refractivity contribution < 1.29 is 0 Å². The predicted molar refractivity (Wildman–Crippen MR) is 116 cm³/mol. The number of aromatic nitrogens is 4. The van der Waals surface area contributed by atoms with Gasteiger partial charge < -0.3 is 9.47 Å². The van der Waals surface area contributed by atoms with Crippen LogP contribution in [0.25, 0.3) is 10.9 Å². The molecule has 156 valence electrons. The Balaban J connectivity index is 1.26. The minimum absolute atomic E-state index is 0.0640. The minimum atomic E-state index is -0.229. The van der Waals surface area contributed by atoms with E-state index in [1.807, 2.05) is 24.4 Å². The summed E-state index contributed by atoms with van der Waals surface area (Å²) in [6.45, 7) is 5.24. The first-order valence-corrected chi connectivity index (χ1v) is 10.5. The van der Waals surface area contributed by atoms with Gasteiger partial charge >= 0.3 is 5.69 Å². The van der Waals surface area contributed by atoms with Crippen LogP contribution in [0.15, 0.2) is 46.5 Å². The van der Waals surface area contributed by atoms with Crippen molar-refractivity contribution in [3.8, 4) is 0 Å². The second kappa shape index (κ2) is 7.68. The fraction of sp³-hybridized carbons (Fsp3) is 0.455. The van der Waals surface area contributed by atoms with Crippen molar-refractivity contribution >= 4 is 16.6 Å². The van der Waals surface area contributed by atoms with Crippen LogP contribution in [0, 0.1) is 5.92 Å². The second-order valence-corrected chi connectivity index (χ2v) is 8.47. The maximum atomic E-state index is 12.7. The Labute approximate surface area is 174 Å². The van der Waals surface area contributed by atoms with Crippen LogP contribution in [0.3, 0.4) is 0 Å². The lowest BCUT2D eigenvalue weighted by molar-refractivity contribution is 0.249. The standard InChI is InChI=1S/C22H26N6O2/c1-25-12-17(11-23-22(25)30)13-26-6-8-27(9-7-26)18-4-5-19-20(10-18)24-15-28(21(19)29)14-16-2-3-16/h4-5,10-12,15-16H,2-3,6-9,13-14H2,1H3. The number of aryl methyl sites for hydroxylation is 1. The smallest absolute Gasteiger partial charge is 0.347 e. The third-order valence-electron chi connectivity index (χ3n) is 6.11. The summed E-state index contributed by atoms with van der Waals surface area (Å²) in [6, 6.07) is 6.00. The van der Waals surface area contributed by atoms with Crippen molar-refractivity contribution in [3.63, 3.8) is 0 Å². The molecule has 1 aliphatic heterocycles. The number of anilines is 1. The highest BCUT2D eigenvalue weighted by Gasteiger charge is 2.23. The van der Waals surface area contributed by atoms with Crippen LogP contribution in [-0.2, 0) is 20.1 Å². The summed E-state index contributed by atoms with van der Waals surface area (Å²) < 4.78 is 3.28. The zero-order valence-corrected chi connectivity index (χ0v) is 17.2. The third-order valence-corrected chi connectivity index (χ3v) is 6.11. The lowest BCUT2D eigenvalue weighted by atomic mass is 10.2. The van der Waals surface area contributed by atoms with Crippen molar-refractivity contribution in [3.05, 3.63) is 63.3 Å². The van der Waals surface area contributed by atoms with Crippen LogP contribution in [0.2, 0.25) is 0 Å². The molecule has 1 aromatic carbocycles. The first kappa shape index (κ1) is 19.0. The van der Waals surface area contributed by atoms with Gasteiger partial charge in [-0.15, -0.1) is 0 Å². The van der Waals surface area contributed by atoms with Crippen LogP contribution >= 0.6 is 0 Å². The summed E-state index contributed by atoms with van der Waals surface area (Å²) in [5.41, 5.74) is 2.76. The highest BCUT2D eigenvalue weighted by molar-refractivity contribution is 5.81. The molecule has 2 aliphatic rings. The molecular weight excluding hydrogens is 380 g/mol. The van der Waals surface area contributed by atoms with E-state index in [2.05, 4.69) is 19.8 Å². The molecule has 8 nitrogen and oxygen atoms in total. The van der Waals surface area contributed by atoms with Crippen LogP contribution in [0.1, 0.15) is 18.4 Å². The molecule has 1 saturated heterocycles. The van der Waals surface area contributed by atoms with E-state index in [9.17, 15) is 9.59 Å². The van der Waals surface area contributed by atoms with Crippen LogP contribution in [-0.4, -0.2) is 50.2 Å². The van der Waals surface area contributed by atoms with Gasteiger partial charge in [0.1, 0.15) is 0 Å². The topological polar surface area (TPSA) is 76.3 Å². The molecule has 1 saturated carbocycles. The van der Waals surface area contributed by atoms with E-state index >= 15 is 0 Å². The van der Waals surface area contributed by atoms with Gasteiger partial charge in [-0.2, -0.15) is 0 Å². The maximum Gasteiger partial charge on any atom is 0.347 e. The van der Waals surface area contributed by atoms with Crippen molar-refractivity contribution in [2.45, 2.75) is 25.9 Å². The molecule has 8 heteroatoms. The summed E-state index contributed by atoms with van der Waals surface area (Å²) in [6.07, 6.45) is 7.65. The number of hydrogen-bond acceptors (Lipinski definition) is 6. The monoisotopic (exact) mass is 406 g/mol. The van der Waals surface area contributed by atoms with E-state index in [-0.39, 0.29) is 11.2 Å². The number of hydrogen-bond donors (Lipinski definition) is 0. The molecule has 3 heterocycles. The van der Waals surface area contributed by atoms with Crippen molar-refractivity contribution in [1.82, 2.24) is 24.0 Å². The Bertz CT molecular complexity index is 1190. The van der Waals surface area contributed by atoms with Crippen LogP contribution in [0.4, 0.5) is 5.69 Å². The molecule has 0 N–H and O–H groups in total. The Morgan fingerprint density at radius 1 is 1.07 bits per heavy atom. The molecule has 0 spiro atoms. The SMILES string of the molecule is Cn1cc(CN2CCN(c3ccc4c(=O)n(CC5CC5)cnc4c3)CC2)cnc1=O. The maximum absolute atomic E-state index is 12.7. The highest BCUT2D eigenvalue weighted by atomic mass is 16.1. The quantitative estimate of drug-likeness (QED) is 0.634. The summed E-state index contributed by atoms with van der Waals surface area (Å²) in [5, 5.41) is 0.697. The van der Waals surface area contributed by atoms with Gasteiger partial charge in [-0.25, -0.2) is 14.8 Å². The Hall–Kier alpha value is -3.00. The first-order chi connectivity index (χ1) is 14.6. The Morgan fingerprint density at radius 3 is 2.60 bits per heavy atom. The summed E-state index contributed by atoms with van der Waals surface area (Å²) in [4.78, 5) is 37.3. The van der Waals surface area contributed by atoms with E-state index in [1.165, 1.54) is 17.4 Å². The molecule has 0 amide bonds. The molecule has 0 atom stereocenters. The summed E-state index contributed by atoms with van der Waals surface area (Å²) in [7, 11) is 1.73.